The van der Waals surface area contributed by atoms with Crippen LogP contribution in [0.5, 0.6) is 0 Å². The number of aromatic nitrogens is 2. The third-order valence-electron chi connectivity index (χ3n) is 3.67. The molecule has 104 valence electrons. The van der Waals surface area contributed by atoms with Gasteiger partial charge in [-0.2, -0.15) is 4.98 Å². The van der Waals surface area contributed by atoms with E-state index in [1.54, 1.807) is 0 Å². The molecule has 4 heteroatoms. The maximum atomic E-state index is 5.88. The smallest absolute Gasteiger partial charge is 0.222 e. The van der Waals surface area contributed by atoms with Gasteiger partial charge in [0.2, 0.25) is 5.95 Å². The molecule has 0 saturated heterocycles. The minimum Gasteiger partial charge on any atom is -0.370 e. The van der Waals surface area contributed by atoms with Crippen LogP contribution in [0.2, 0.25) is 0 Å². The SMILES string of the molecule is Cc1cc(C)cc(-c2nc(N)nc3c2CCCCN3)c1. The first-order valence-corrected chi connectivity index (χ1v) is 7.12. The Labute approximate surface area is 119 Å². The predicted octanol–water partition coefficient (Wildman–Crippen LogP) is 3.09. The van der Waals surface area contributed by atoms with Gasteiger partial charge in [-0.05, 0) is 45.2 Å². The van der Waals surface area contributed by atoms with E-state index in [4.69, 9.17) is 5.73 Å². The Bertz CT molecular complexity index is 629. The number of nitrogens with zero attached hydrogens (tertiary/aromatic N) is 2. The molecular formula is C16H20N4. The molecule has 0 saturated carbocycles. The van der Waals surface area contributed by atoms with Crippen molar-refractivity contribution in [1.82, 2.24) is 9.97 Å². The molecule has 0 spiro atoms. The molecule has 0 radical (unpaired) electrons. The molecule has 0 unspecified atom stereocenters. The van der Waals surface area contributed by atoms with Gasteiger partial charge in [0.05, 0.1) is 5.69 Å². The fraction of sp³-hybridized carbons (Fsp3) is 0.375. The number of nitrogens with two attached hydrogens (primary N) is 1. The van der Waals surface area contributed by atoms with Crippen molar-refractivity contribution in [2.24, 2.45) is 0 Å². The molecule has 0 aliphatic carbocycles. The van der Waals surface area contributed by atoms with Gasteiger partial charge in [0.15, 0.2) is 0 Å². The Morgan fingerprint density at radius 3 is 2.55 bits per heavy atom. The Balaban J connectivity index is 2.19. The number of fused-ring (bicyclic) bond motifs is 1. The maximum absolute atomic E-state index is 5.88. The third-order valence-corrected chi connectivity index (χ3v) is 3.67. The summed E-state index contributed by atoms with van der Waals surface area (Å²) < 4.78 is 0. The molecule has 2 aromatic rings. The van der Waals surface area contributed by atoms with Crippen LogP contribution in [0.3, 0.4) is 0 Å². The van der Waals surface area contributed by atoms with Crippen molar-refractivity contribution >= 4 is 11.8 Å². The summed E-state index contributed by atoms with van der Waals surface area (Å²) in [6.45, 7) is 5.17. The van der Waals surface area contributed by atoms with Crippen LogP contribution in [-0.4, -0.2) is 16.5 Å². The second kappa shape index (κ2) is 5.12. The average Bonchev–Trinajstić information content (AvgIpc) is 2.61. The molecule has 3 rings (SSSR count). The fourth-order valence-corrected chi connectivity index (χ4v) is 2.87. The first kappa shape index (κ1) is 12.9. The predicted molar refractivity (Wildman–Crippen MR) is 82.8 cm³/mol. The van der Waals surface area contributed by atoms with Crippen LogP contribution in [0, 0.1) is 13.8 Å². The lowest BCUT2D eigenvalue weighted by Crippen LogP contribution is -2.07. The number of hydrogen-bond donors (Lipinski definition) is 2. The van der Waals surface area contributed by atoms with Crippen molar-refractivity contribution in [1.29, 1.82) is 0 Å². The van der Waals surface area contributed by atoms with Gasteiger partial charge in [0, 0.05) is 17.7 Å². The molecule has 1 aliphatic heterocycles. The van der Waals surface area contributed by atoms with Crippen molar-refractivity contribution in [3.63, 3.8) is 0 Å². The first-order valence-electron chi connectivity index (χ1n) is 7.12. The molecule has 0 bridgehead atoms. The Morgan fingerprint density at radius 1 is 1.05 bits per heavy atom. The molecule has 1 aliphatic rings. The normalized spacial score (nSPS) is 14.3. The van der Waals surface area contributed by atoms with Gasteiger partial charge in [-0.15, -0.1) is 0 Å². The van der Waals surface area contributed by atoms with E-state index >= 15 is 0 Å². The molecule has 20 heavy (non-hydrogen) atoms. The minimum atomic E-state index is 0.340. The summed E-state index contributed by atoms with van der Waals surface area (Å²) in [5.41, 5.74) is 11.7. The largest absolute Gasteiger partial charge is 0.370 e. The van der Waals surface area contributed by atoms with Crippen LogP contribution >= 0.6 is 0 Å². The van der Waals surface area contributed by atoms with Gasteiger partial charge in [0.25, 0.3) is 0 Å². The van der Waals surface area contributed by atoms with E-state index < -0.39 is 0 Å². The van der Waals surface area contributed by atoms with Crippen molar-refractivity contribution in [2.45, 2.75) is 33.1 Å². The summed E-state index contributed by atoms with van der Waals surface area (Å²) in [6, 6.07) is 6.50. The standard InChI is InChI=1S/C16H20N4/c1-10-7-11(2)9-12(8-10)14-13-5-3-4-6-18-15(13)20-16(17)19-14/h7-9H,3-6H2,1-2H3,(H3,17,18,19,20). The molecule has 1 aromatic carbocycles. The summed E-state index contributed by atoms with van der Waals surface area (Å²) in [5.74, 6) is 1.25. The number of benzene rings is 1. The van der Waals surface area contributed by atoms with E-state index in [0.29, 0.717) is 5.95 Å². The summed E-state index contributed by atoms with van der Waals surface area (Å²) in [7, 11) is 0. The molecule has 1 aromatic heterocycles. The second-order valence-electron chi connectivity index (χ2n) is 5.52. The molecular weight excluding hydrogens is 248 g/mol. The van der Waals surface area contributed by atoms with Crippen LogP contribution in [0.25, 0.3) is 11.3 Å². The highest BCUT2D eigenvalue weighted by Crippen LogP contribution is 2.31. The average molecular weight is 268 g/mol. The minimum absolute atomic E-state index is 0.340. The van der Waals surface area contributed by atoms with Crippen molar-refractivity contribution in [3.05, 3.63) is 34.9 Å². The number of aryl methyl sites for hydroxylation is 2. The quantitative estimate of drug-likeness (QED) is 0.834. The van der Waals surface area contributed by atoms with E-state index in [9.17, 15) is 0 Å². The van der Waals surface area contributed by atoms with Crippen LogP contribution in [0.15, 0.2) is 18.2 Å². The second-order valence-corrected chi connectivity index (χ2v) is 5.52. The summed E-state index contributed by atoms with van der Waals surface area (Å²) in [6.07, 6.45) is 3.32. The lowest BCUT2D eigenvalue weighted by Gasteiger charge is -2.13. The first-order chi connectivity index (χ1) is 9.63. The van der Waals surface area contributed by atoms with Gasteiger partial charge in [0.1, 0.15) is 5.82 Å². The van der Waals surface area contributed by atoms with Crippen molar-refractivity contribution in [3.8, 4) is 11.3 Å². The van der Waals surface area contributed by atoms with Crippen molar-refractivity contribution < 1.29 is 0 Å². The van der Waals surface area contributed by atoms with Gasteiger partial charge >= 0.3 is 0 Å². The zero-order chi connectivity index (χ0) is 14.1. The van der Waals surface area contributed by atoms with Crippen molar-refractivity contribution in [2.75, 3.05) is 17.6 Å². The Hall–Kier alpha value is -2.10. The number of hydrogen-bond acceptors (Lipinski definition) is 4. The molecule has 0 amide bonds. The topological polar surface area (TPSA) is 63.8 Å². The zero-order valence-electron chi connectivity index (χ0n) is 12.0. The number of nitrogens with one attached hydrogen (secondary N) is 1. The lowest BCUT2D eigenvalue weighted by atomic mass is 9.99. The highest BCUT2D eigenvalue weighted by Gasteiger charge is 2.17. The fourth-order valence-electron chi connectivity index (χ4n) is 2.87. The molecule has 4 nitrogen and oxygen atoms in total. The van der Waals surface area contributed by atoms with Gasteiger partial charge < -0.3 is 11.1 Å². The third kappa shape index (κ3) is 2.46. The van der Waals surface area contributed by atoms with E-state index in [2.05, 4.69) is 47.3 Å². The monoisotopic (exact) mass is 268 g/mol. The van der Waals surface area contributed by atoms with Crippen LogP contribution < -0.4 is 11.1 Å². The lowest BCUT2D eigenvalue weighted by molar-refractivity contribution is 0.785. The Morgan fingerprint density at radius 2 is 1.80 bits per heavy atom. The number of rotatable bonds is 1. The van der Waals surface area contributed by atoms with Gasteiger partial charge in [-0.3, -0.25) is 0 Å². The molecule has 2 heterocycles. The highest BCUT2D eigenvalue weighted by molar-refractivity contribution is 5.71. The Kier molecular flexibility index (Phi) is 3.30. The van der Waals surface area contributed by atoms with E-state index in [-0.39, 0.29) is 0 Å². The summed E-state index contributed by atoms with van der Waals surface area (Å²) >= 11 is 0. The summed E-state index contributed by atoms with van der Waals surface area (Å²) in [5, 5.41) is 3.37. The van der Waals surface area contributed by atoms with Gasteiger partial charge in [-0.1, -0.05) is 17.2 Å². The van der Waals surface area contributed by atoms with Crippen LogP contribution in [0.1, 0.15) is 29.5 Å². The molecule has 0 atom stereocenters. The number of anilines is 2. The van der Waals surface area contributed by atoms with E-state index in [1.807, 2.05) is 0 Å². The number of nitrogen functional groups attached to an aromatic ring is 1. The maximum Gasteiger partial charge on any atom is 0.222 e. The molecule has 3 N–H and O–H groups in total. The zero-order valence-corrected chi connectivity index (χ0v) is 12.0. The molecule has 0 fully saturated rings. The summed E-state index contributed by atoms with van der Waals surface area (Å²) in [4.78, 5) is 8.87. The highest BCUT2D eigenvalue weighted by atomic mass is 15.1. The van der Waals surface area contributed by atoms with E-state index in [0.717, 1.165) is 42.9 Å². The van der Waals surface area contributed by atoms with Crippen LogP contribution in [0.4, 0.5) is 11.8 Å². The van der Waals surface area contributed by atoms with Crippen LogP contribution in [-0.2, 0) is 6.42 Å². The van der Waals surface area contributed by atoms with Gasteiger partial charge in [-0.25, -0.2) is 4.98 Å². The van der Waals surface area contributed by atoms with E-state index in [1.165, 1.54) is 16.7 Å².